The lowest BCUT2D eigenvalue weighted by atomic mass is 10.3. The number of carbonyl (C=O) groups is 1. The molecule has 0 aromatic rings. The molecule has 0 bridgehead atoms. The van der Waals surface area contributed by atoms with Crippen LogP contribution in [0.15, 0.2) is 0 Å². The van der Waals surface area contributed by atoms with Crippen LogP contribution < -0.4 is 5.32 Å². The van der Waals surface area contributed by atoms with Gasteiger partial charge in [-0.05, 0) is 24.7 Å². The zero-order valence-electron chi connectivity index (χ0n) is 7.55. The average Bonchev–Trinajstić information content (AvgIpc) is 2.75. The highest BCUT2D eigenvalue weighted by Crippen LogP contribution is 2.36. The Hall–Kier alpha value is -0.570. The van der Waals surface area contributed by atoms with Crippen molar-refractivity contribution in [2.24, 2.45) is 11.8 Å². The first-order chi connectivity index (χ1) is 5.74. The highest BCUT2D eigenvalue weighted by Gasteiger charge is 2.32. The van der Waals surface area contributed by atoms with Gasteiger partial charge in [-0.3, -0.25) is 4.79 Å². The van der Waals surface area contributed by atoms with Gasteiger partial charge in [0.2, 0.25) is 5.91 Å². The molecule has 0 heterocycles. The van der Waals surface area contributed by atoms with E-state index in [-0.39, 0.29) is 12.5 Å². The molecule has 2 unspecified atom stereocenters. The van der Waals surface area contributed by atoms with Gasteiger partial charge in [-0.1, -0.05) is 6.92 Å². The molecule has 1 rings (SSSR count). The summed E-state index contributed by atoms with van der Waals surface area (Å²) in [6.07, 6.45) is 2.28. The van der Waals surface area contributed by atoms with E-state index in [9.17, 15) is 4.79 Å². The van der Waals surface area contributed by atoms with Crippen LogP contribution in [0.2, 0.25) is 0 Å². The van der Waals surface area contributed by atoms with E-state index in [0.29, 0.717) is 18.8 Å². The number of amides is 1. The van der Waals surface area contributed by atoms with Gasteiger partial charge in [-0.15, -0.1) is 0 Å². The number of rotatable bonds is 5. The highest BCUT2D eigenvalue weighted by molar-refractivity contribution is 5.75. The van der Waals surface area contributed by atoms with Crippen LogP contribution >= 0.6 is 0 Å². The van der Waals surface area contributed by atoms with Crippen LogP contribution in [-0.4, -0.2) is 24.2 Å². The molecule has 0 aromatic carbocycles. The summed E-state index contributed by atoms with van der Waals surface area (Å²) in [7, 11) is 0. The summed E-state index contributed by atoms with van der Waals surface area (Å²) >= 11 is 0. The third-order valence-corrected chi connectivity index (χ3v) is 2.40. The maximum absolute atomic E-state index is 11.0. The van der Waals surface area contributed by atoms with Crippen LogP contribution in [0.25, 0.3) is 0 Å². The molecular formula is C9H17NO2. The van der Waals surface area contributed by atoms with E-state index in [0.717, 1.165) is 12.5 Å². The Labute approximate surface area is 73.2 Å². The van der Waals surface area contributed by atoms with Crippen LogP contribution in [0, 0.1) is 11.8 Å². The highest BCUT2D eigenvalue weighted by atomic mass is 16.3. The molecule has 3 nitrogen and oxygen atoms in total. The van der Waals surface area contributed by atoms with Gasteiger partial charge < -0.3 is 10.4 Å². The minimum absolute atomic E-state index is 0.0724. The summed E-state index contributed by atoms with van der Waals surface area (Å²) in [6.45, 7) is 3.13. The van der Waals surface area contributed by atoms with Crippen molar-refractivity contribution in [3.63, 3.8) is 0 Å². The van der Waals surface area contributed by atoms with Crippen LogP contribution in [0.1, 0.15) is 26.2 Å². The van der Waals surface area contributed by atoms with Gasteiger partial charge in [0.1, 0.15) is 0 Å². The average molecular weight is 171 g/mol. The number of hydrogen-bond donors (Lipinski definition) is 2. The lowest BCUT2D eigenvalue weighted by molar-refractivity contribution is -0.121. The van der Waals surface area contributed by atoms with Crippen molar-refractivity contribution in [1.82, 2.24) is 5.32 Å². The van der Waals surface area contributed by atoms with Crippen molar-refractivity contribution in [2.75, 3.05) is 13.2 Å². The summed E-state index contributed by atoms with van der Waals surface area (Å²) < 4.78 is 0. The summed E-state index contributed by atoms with van der Waals surface area (Å²) in [5.41, 5.74) is 0. The minimum Gasteiger partial charge on any atom is -0.396 e. The fourth-order valence-electron chi connectivity index (χ4n) is 1.26. The molecule has 3 heteroatoms. The van der Waals surface area contributed by atoms with Crippen molar-refractivity contribution < 1.29 is 9.90 Å². The first kappa shape index (κ1) is 9.52. The Balaban J connectivity index is 1.95. The Bertz CT molecular complexity index is 159. The molecular weight excluding hydrogens is 154 g/mol. The molecule has 0 aliphatic heterocycles. The fraction of sp³-hybridized carbons (Fsp3) is 0.889. The zero-order valence-corrected chi connectivity index (χ0v) is 7.55. The Morgan fingerprint density at radius 3 is 2.83 bits per heavy atom. The van der Waals surface area contributed by atoms with Crippen molar-refractivity contribution in [3.05, 3.63) is 0 Å². The lowest BCUT2D eigenvalue weighted by Gasteiger charge is -2.02. The molecule has 1 aliphatic carbocycles. The van der Waals surface area contributed by atoms with Crippen LogP contribution in [0.5, 0.6) is 0 Å². The summed E-state index contributed by atoms with van der Waals surface area (Å²) in [6, 6.07) is 0. The monoisotopic (exact) mass is 171 g/mol. The van der Waals surface area contributed by atoms with E-state index in [1.165, 1.54) is 6.42 Å². The molecule has 1 saturated carbocycles. The maximum atomic E-state index is 11.0. The smallest absolute Gasteiger partial charge is 0.220 e. The molecule has 1 amide bonds. The van der Waals surface area contributed by atoms with Crippen molar-refractivity contribution in [3.8, 4) is 0 Å². The second-order valence-corrected chi connectivity index (χ2v) is 3.60. The first-order valence-electron chi connectivity index (χ1n) is 4.61. The second-order valence-electron chi connectivity index (χ2n) is 3.60. The predicted molar refractivity (Wildman–Crippen MR) is 46.6 cm³/mol. The molecule has 0 radical (unpaired) electrons. The maximum Gasteiger partial charge on any atom is 0.220 e. The second kappa shape index (κ2) is 4.45. The van der Waals surface area contributed by atoms with Gasteiger partial charge in [0.25, 0.3) is 0 Å². The van der Waals surface area contributed by atoms with Gasteiger partial charge in [0.15, 0.2) is 0 Å². The molecule has 0 aromatic heterocycles. The molecule has 1 fully saturated rings. The van der Waals surface area contributed by atoms with Gasteiger partial charge in [-0.2, -0.15) is 0 Å². The molecule has 2 N–H and O–H groups in total. The van der Waals surface area contributed by atoms with Crippen molar-refractivity contribution >= 4 is 5.91 Å². The fourth-order valence-corrected chi connectivity index (χ4v) is 1.26. The van der Waals surface area contributed by atoms with E-state index in [1.54, 1.807) is 0 Å². The lowest BCUT2D eigenvalue weighted by Crippen LogP contribution is -2.25. The minimum atomic E-state index is 0.0724. The zero-order chi connectivity index (χ0) is 8.97. The van der Waals surface area contributed by atoms with Crippen LogP contribution in [-0.2, 0) is 4.79 Å². The molecule has 70 valence electrons. The number of aliphatic hydroxyl groups excluding tert-OH is 1. The van der Waals surface area contributed by atoms with Gasteiger partial charge in [0, 0.05) is 19.6 Å². The van der Waals surface area contributed by atoms with Gasteiger partial charge in [-0.25, -0.2) is 0 Å². The Morgan fingerprint density at radius 2 is 2.33 bits per heavy atom. The van der Waals surface area contributed by atoms with E-state index < -0.39 is 0 Å². The van der Waals surface area contributed by atoms with E-state index in [2.05, 4.69) is 12.2 Å². The van der Waals surface area contributed by atoms with Crippen molar-refractivity contribution in [2.45, 2.75) is 26.2 Å². The Morgan fingerprint density at radius 1 is 1.67 bits per heavy atom. The van der Waals surface area contributed by atoms with Gasteiger partial charge >= 0.3 is 0 Å². The van der Waals surface area contributed by atoms with E-state index in [1.807, 2.05) is 0 Å². The summed E-state index contributed by atoms with van der Waals surface area (Å²) in [5.74, 6) is 1.58. The largest absolute Gasteiger partial charge is 0.396 e. The summed E-state index contributed by atoms with van der Waals surface area (Å²) in [5, 5.41) is 11.3. The quantitative estimate of drug-likeness (QED) is 0.634. The molecule has 0 saturated heterocycles. The third kappa shape index (κ3) is 3.22. The predicted octanol–water partition coefficient (Wildman–Crippen LogP) is 0.531. The van der Waals surface area contributed by atoms with Gasteiger partial charge in [0.05, 0.1) is 0 Å². The van der Waals surface area contributed by atoms with Crippen LogP contribution in [0.3, 0.4) is 0 Å². The summed E-state index contributed by atoms with van der Waals surface area (Å²) in [4.78, 5) is 11.0. The normalized spacial score (nSPS) is 26.8. The number of carbonyl (C=O) groups excluding carboxylic acids is 1. The first-order valence-corrected chi connectivity index (χ1v) is 4.61. The topological polar surface area (TPSA) is 49.3 Å². The molecule has 0 spiro atoms. The number of nitrogens with one attached hydrogen (secondary N) is 1. The van der Waals surface area contributed by atoms with Crippen molar-refractivity contribution in [1.29, 1.82) is 0 Å². The van der Waals surface area contributed by atoms with Crippen LogP contribution in [0.4, 0.5) is 0 Å². The van der Waals surface area contributed by atoms with E-state index in [4.69, 9.17) is 5.11 Å². The third-order valence-electron chi connectivity index (χ3n) is 2.40. The Kier molecular flexibility index (Phi) is 3.53. The molecule has 2 atom stereocenters. The SMILES string of the molecule is CC1CC1CNC(=O)CCCO. The molecule has 12 heavy (non-hydrogen) atoms. The number of hydrogen-bond acceptors (Lipinski definition) is 2. The standard InChI is InChI=1S/C9H17NO2/c1-7-5-8(7)6-10-9(12)3-2-4-11/h7-8,11H,2-6H2,1H3,(H,10,12). The van der Waals surface area contributed by atoms with E-state index >= 15 is 0 Å². The molecule has 1 aliphatic rings. The number of aliphatic hydroxyl groups is 1.